The largest absolute Gasteiger partial charge is 0.480 e. The number of hydrogen-bond acceptors (Lipinski definition) is 2. The predicted molar refractivity (Wildman–Crippen MR) is 62.8 cm³/mol. The van der Waals surface area contributed by atoms with Gasteiger partial charge in [0.1, 0.15) is 6.04 Å². The Balaban J connectivity index is 3.90. The third-order valence-electron chi connectivity index (χ3n) is 2.37. The summed E-state index contributed by atoms with van der Waals surface area (Å²) >= 11 is 0. The van der Waals surface area contributed by atoms with E-state index < -0.39 is 30.6 Å². The zero-order chi connectivity index (χ0) is 14.9. The zero-order valence-corrected chi connectivity index (χ0v) is 10.7. The summed E-state index contributed by atoms with van der Waals surface area (Å²) in [5.41, 5.74) is 0. The predicted octanol–water partition coefficient (Wildman–Crippen LogP) is 2.27. The molecule has 0 rings (SSSR count). The van der Waals surface area contributed by atoms with Gasteiger partial charge in [0.2, 0.25) is 0 Å². The van der Waals surface area contributed by atoms with Crippen molar-refractivity contribution in [1.29, 1.82) is 0 Å². The number of rotatable bonds is 8. The number of carbonyl (C=O) groups excluding carboxylic acids is 1. The summed E-state index contributed by atoms with van der Waals surface area (Å²) in [4.78, 5) is 22.1. The molecular formula is C11H19F3N2O3. The van der Waals surface area contributed by atoms with E-state index in [1.807, 2.05) is 6.92 Å². The number of aliphatic carboxylic acids is 1. The second-order valence-electron chi connectivity index (χ2n) is 4.15. The highest BCUT2D eigenvalue weighted by Crippen LogP contribution is 2.20. The molecule has 3 N–H and O–H groups in total. The Kier molecular flexibility index (Phi) is 7.94. The molecule has 8 heteroatoms. The van der Waals surface area contributed by atoms with E-state index in [4.69, 9.17) is 5.11 Å². The lowest BCUT2D eigenvalue weighted by molar-refractivity contribution is -0.139. The normalized spacial score (nSPS) is 12.8. The van der Waals surface area contributed by atoms with E-state index in [0.29, 0.717) is 12.8 Å². The summed E-state index contributed by atoms with van der Waals surface area (Å²) in [7, 11) is 0. The number of halogens is 3. The number of hydrogen-bond donors (Lipinski definition) is 3. The molecule has 1 atom stereocenters. The van der Waals surface area contributed by atoms with Crippen LogP contribution < -0.4 is 10.6 Å². The second-order valence-corrected chi connectivity index (χ2v) is 4.15. The van der Waals surface area contributed by atoms with Crippen LogP contribution in [0.1, 0.15) is 39.0 Å². The minimum atomic E-state index is -4.25. The molecule has 0 fully saturated rings. The van der Waals surface area contributed by atoms with Crippen molar-refractivity contribution in [2.45, 2.75) is 51.2 Å². The third-order valence-corrected chi connectivity index (χ3v) is 2.37. The first-order chi connectivity index (χ1) is 8.76. The number of amides is 2. The molecule has 0 spiro atoms. The summed E-state index contributed by atoms with van der Waals surface area (Å²) < 4.78 is 35.5. The van der Waals surface area contributed by atoms with Crippen LogP contribution in [0.2, 0.25) is 0 Å². The fraction of sp³-hybridized carbons (Fsp3) is 0.818. The Bertz CT molecular complexity index is 295. The fourth-order valence-corrected chi connectivity index (χ4v) is 1.37. The Morgan fingerprint density at radius 3 is 2.37 bits per heavy atom. The van der Waals surface area contributed by atoms with Crippen LogP contribution in [0.3, 0.4) is 0 Å². The average Bonchev–Trinajstić information content (AvgIpc) is 2.28. The van der Waals surface area contributed by atoms with Gasteiger partial charge in [-0.05, 0) is 12.8 Å². The van der Waals surface area contributed by atoms with Crippen molar-refractivity contribution in [3.63, 3.8) is 0 Å². The molecule has 0 bridgehead atoms. The molecule has 0 aromatic carbocycles. The molecule has 0 aliphatic rings. The molecule has 0 radical (unpaired) electrons. The van der Waals surface area contributed by atoms with E-state index in [-0.39, 0.29) is 13.0 Å². The van der Waals surface area contributed by atoms with Gasteiger partial charge in [0.15, 0.2) is 0 Å². The molecule has 0 aromatic rings. The fourth-order valence-electron chi connectivity index (χ4n) is 1.37. The molecule has 0 aliphatic carbocycles. The van der Waals surface area contributed by atoms with Crippen molar-refractivity contribution in [3.05, 3.63) is 0 Å². The van der Waals surface area contributed by atoms with Crippen LogP contribution in [0.4, 0.5) is 18.0 Å². The van der Waals surface area contributed by atoms with Gasteiger partial charge in [-0.1, -0.05) is 19.8 Å². The van der Waals surface area contributed by atoms with Gasteiger partial charge in [0.25, 0.3) is 0 Å². The van der Waals surface area contributed by atoms with E-state index in [9.17, 15) is 22.8 Å². The maximum Gasteiger partial charge on any atom is 0.389 e. The lowest BCUT2D eigenvalue weighted by Gasteiger charge is -2.15. The SMILES string of the molecule is CCCC[C@H](NC(=O)NCCCC(F)(F)F)C(=O)O. The Hall–Kier alpha value is -1.47. The second kappa shape index (κ2) is 8.60. The minimum Gasteiger partial charge on any atom is -0.480 e. The van der Waals surface area contributed by atoms with Crippen LogP contribution in [-0.4, -0.2) is 35.9 Å². The zero-order valence-electron chi connectivity index (χ0n) is 10.7. The van der Waals surface area contributed by atoms with E-state index in [1.54, 1.807) is 0 Å². The molecule has 0 aliphatic heterocycles. The molecule has 5 nitrogen and oxygen atoms in total. The molecule has 0 heterocycles. The molecule has 0 aromatic heterocycles. The molecule has 0 saturated heterocycles. The molecule has 0 saturated carbocycles. The lowest BCUT2D eigenvalue weighted by atomic mass is 10.1. The first-order valence-corrected chi connectivity index (χ1v) is 6.10. The van der Waals surface area contributed by atoms with Crippen molar-refractivity contribution in [1.82, 2.24) is 10.6 Å². The first-order valence-electron chi connectivity index (χ1n) is 6.10. The van der Waals surface area contributed by atoms with Gasteiger partial charge in [-0.3, -0.25) is 0 Å². The summed E-state index contributed by atoms with van der Waals surface area (Å²) in [6, 6.07) is -1.77. The quantitative estimate of drug-likeness (QED) is 0.598. The summed E-state index contributed by atoms with van der Waals surface area (Å²) in [6.07, 6.45) is -3.73. The highest BCUT2D eigenvalue weighted by Gasteiger charge is 2.26. The molecule has 0 unspecified atom stereocenters. The summed E-state index contributed by atoms with van der Waals surface area (Å²) in [5, 5.41) is 13.3. The van der Waals surface area contributed by atoms with E-state index in [2.05, 4.69) is 10.6 Å². The number of alkyl halides is 3. The highest BCUT2D eigenvalue weighted by atomic mass is 19.4. The van der Waals surface area contributed by atoms with Gasteiger partial charge in [0.05, 0.1) is 0 Å². The molecule has 2 amide bonds. The highest BCUT2D eigenvalue weighted by molar-refractivity contribution is 5.82. The van der Waals surface area contributed by atoms with Gasteiger partial charge in [-0.15, -0.1) is 0 Å². The smallest absolute Gasteiger partial charge is 0.389 e. The lowest BCUT2D eigenvalue weighted by Crippen LogP contribution is -2.46. The van der Waals surface area contributed by atoms with Gasteiger partial charge in [-0.2, -0.15) is 13.2 Å². The van der Waals surface area contributed by atoms with Gasteiger partial charge in [-0.25, -0.2) is 9.59 Å². The first kappa shape index (κ1) is 17.5. The minimum absolute atomic E-state index is 0.147. The molecule has 112 valence electrons. The van der Waals surface area contributed by atoms with E-state index in [1.165, 1.54) is 0 Å². The number of unbranched alkanes of at least 4 members (excludes halogenated alkanes) is 1. The van der Waals surface area contributed by atoms with Gasteiger partial charge >= 0.3 is 18.2 Å². The van der Waals surface area contributed by atoms with Crippen LogP contribution >= 0.6 is 0 Å². The van der Waals surface area contributed by atoms with Crippen LogP contribution in [0, 0.1) is 0 Å². The Labute approximate surface area is 109 Å². The number of carboxylic acids is 1. The Morgan fingerprint density at radius 1 is 1.26 bits per heavy atom. The van der Waals surface area contributed by atoms with Crippen LogP contribution in [0.15, 0.2) is 0 Å². The maximum absolute atomic E-state index is 11.8. The number of carboxylic acid groups (broad SMARTS) is 1. The van der Waals surface area contributed by atoms with Crippen molar-refractivity contribution >= 4 is 12.0 Å². The average molecular weight is 284 g/mol. The number of carbonyl (C=O) groups is 2. The van der Waals surface area contributed by atoms with Gasteiger partial charge in [0, 0.05) is 13.0 Å². The monoisotopic (exact) mass is 284 g/mol. The van der Waals surface area contributed by atoms with Gasteiger partial charge < -0.3 is 15.7 Å². The molecular weight excluding hydrogens is 265 g/mol. The van der Waals surface area contributed by atoms with E-state index >= 15 is 0 Å². The van der Waals surface area contributed by atoms with E-state index in [0.717, 1.165) is 6.42 Å². The van der Waals surface area contributed by atoms with Crippen molar-refractivity contribution in [2.24, 2.45) is 0 Å². The Morgan fingerprint density at radius 2 is 1.89 bits per heavy atom. The van der Waals surface area contributed by atoms with Crippen molar-refractivity contribution in [2.75, 3.05) is 6.54 Å². The van der Waals surface area contributed by atoms with Crippen molar-refractivity contribution < 1.29 is 27.9 Å². The van der Waals surface area contributed by atoms with Crippen LogP contribution in [0.5, 0.6) is 0 Å². The summed E-state index contributed by atoms with van der Waals surface area (Å²) in [5.74, 6) is -1.15. The standard InChI is InChI=1S/C11H19F3N2O3/c1-2-3-5-8(9(17)18)16-10(19)15-7-4-6-11(12,13)14/h8H,2-7H2,1H3,(H,17,18)(H2,15,16,19)/t8-/m0/s1. The van der Waals surface area contributed by atoms with Crippen LogP contribution in [0.25, 0.3) is 0 Å². The number of nitrogens with one attached hydrogen (secondary N) is 2. The third kappa shape index (κ3) is 10.2. The summed E-state index contributed by atoms with van der Waals surface area (Å²) in [6.45, 7) is 1.74. The molecule has 19 heavy (non-hydrogen) atoms. The van der Waals surface area contributed by atoms with Crippen molar-refractivity contribution in [3.8, 4) is 0 Å². The maximum atomic E-state index is 11.8. The van der Waals surface area contributed by atoms with Crippen LogP contribution in [-0.2, 0) is 4.79 Å². The topological polar surface area (TPSA) is 78.4 Å². The number of urea groups is 1.